The number of ether oxygens (including phenoxy) is 1. The summed E-state index contributed by atoms with van der Waals surface area (Å²) in [7, 11) is 0. The number of anilines is 1. The minimum Gasteiger partial charge on any atom is -0.452 e. The molecule has 3 rings (SSSR count). The normalized spacial score (nSPS) is 19.0. The summed E-state index contributed by atoms with van der Waals surface area (Å²) in [4.78, 5) is 37.0. The van der Waals surface area contributed by atoms with Gasteiger partial charge in [-0.05, 0) is 44.7 Å². The van der Waals surface area contributed by atoms with Gasteiger partial charge in [-0.15, -0.1) is 0 Å². The van der Waals surface area contributed by atoms with E-state index in [0.717, 1.165) is 37.5 Å². The lowest BCUT2D eigenvalue weighted by Gasteiger charge is -2.38. The second-order valence-electron chi connectivity index (χ2n) is 6.84. The fourth-order valence-electron chi connectivity index (χ4n) is 2.76. The average molecular weight is 366 g/mol. The van der Waals surface area contributed by atoms with E-state index in [1.807, 2.05) is 0 Å². The number of hydrogen-bond donors (Lipinski definition) is 2. The summed E-state index contributed by atoms with van der Waals surface area (Å²) >= 11 is 0. The van der Waals surface area contributed by atoms with Crippen LogP contribution in [0.4, 0.5) is 14.5 Å². The van der Waals surface area contributed by atoms with Crippen molar-refractivity contribution >= 4 is 23.5 Å². The number of nitrogens with one attached hydrogen (secondary N) is 2. The van der Waals surface area contributed by atoms with Crippen LogP contribution in [0.1, 0.15) is 39.0 Å². The van der Waals surface area contributed by atoms with Crippen LogP contribution in [0, 0.1) is 17.0 Å². The second kappa shape index (κ2) is 7.01. The molecule has 0 aromatic heterocycles. The van der Waals surface area contributed by atoms with E-state index in [1.54, 1.807) is 0 Å². The van der Waals surface area contributed by atoms with Gasteiger partial charge in [0.25, 0.3) is 5.91 Å². The quantitative estimate of drug-likeness (QED) is 0.598. The molecule has 1 unspecified atom stereocenters. The first-order valence-corrected chi connectivity index (χ1v) is 8.60. The minimum absolute atomic E-state index is 0.115. The molecule has 0 bridgehead atoms. The maximum Gasteiger partial charge on any atom is 0.322 e. The van der Waals surface area contributed by atoms with E-state index in [0.29, 0.717) is 12.8 Å². The van der Waals surface area contributed by atoms with Gasteiger partial charge >= 0.3 is 5.97 Å². The van der Waals surface area contributed by atoms with E-state index in [9.17, 15) is 23.2 Å². The van der Waals surface area contributed by atoms with Crippen LogP contribution in [0.5, 0.6) is 0 Å². The maximum absolute atomic E-state index is 13.6. The third-order valence-electron chi connectivity index (χ3n) is 4.78. The summed E-state index contributed by atoms with van der Waals surface area (Å²) in [5.41, 5.74) is -1.59. The molecule has 8 heteroatoms. The second-order valence-corrected chi connectivity index (χ2v) is 6.84. The Hall–Kier alpha value is -2.51. The zero-order chi connectivity index (χ0) is 18.9. The van der Waals surface area contributed by atoms with Crippen molar-refractivity contribution in [3.8, 4) is 0 Å². The Bertz CT molecular complexity index is 745. The number of carbonyl (C=O) groups excluding carboxylic acids is 3. The van der Waals surface area contributed by atoms with E-state index < -0.39 is 35.0 Å². The topological polar surface area (TPSA) is 84.5 Å². The number of rotatable bonds is 6. The van der Waals surface area contributed by atoms with Crippen molar-refractivity contribution in [1.82, 2.24) is 5.32 Å². The Kier molecular flexibility index (Phi) is 4.93. The lowest BCUT2D eigenvalue weighted by atomic mass is 9.68. The van der Waals surface area contributed by atoms with Crippen LogP contribution < -0.4 is 10.6 Å². The van der Waals surface area contributed by atoms with Gasteiger partial charge in [0.15, 0.2) is 6.10 Å². The number of benzene rings is 1. The van der Waals surface area contributed by atoms with Crippen LogP contribution in [0.3, 0.4) is 0 Å². The monoisotopic (exact) mass is 366 g/mol. The van der Waals surface area contributed by atoms with Crippen LogP contribution in [0.2, 0.25) is 0 Å². The molecule has 26 heavy (non-hydrogen) atoms. The SMILES string of the molecule is CC(OC(=O)C1(C(=O)NC2CC2)CCC1)C(=O)Nc1cc(F)ccc1F. The third kappa shape index (κ3) is 3.68. The molecule has 2 fully saturated rings. The molecule has 0 spiro atoms. The van der Waals surface area contributed by atoms with Gasteiger partial charge in [-0.2, -0.15) is 0 Å². The molecule has 2 amide bonds. The molecule has 0 saturated heterocycles. The van der Waals surface area contributed by atoms with Crippen LogP contribution in [0.25, 0.3) is 0 Å². The molecule has 1 aromatic rings. The molecule has 6 nitrogen and oxygen atoms in total. The van der Waals surface area contributed by atoms with Crippen molar-refractivity contribution in [3.63, 3.8) is 0 Å². The molecule has 0 radical (unpaired) electrons. The molecule has 2 saturated carbocycles. The van der Waals surface area contributed by atoms with Crippen molar-refractivity contribution in [2.45, 2.75) is 51.2 Å². The van der Waals surface area contributed by atoms with Gasteiger partial charge < -0.3 is 15.4 Å². The van der Waals surface area contributed by atoms with Gasteiger partial charge in [0.2, 0.25) is 5.91 Å². The van der Waals surface area contributed by atoms with E-state index >= 15 is 0 Å². The summed E-state index contributed by atoms with van der Waals surface area (Å²) < 4.78 is 31.9. The highest BCUT2D eigenvalue weighted by molar-refractivity contribution is 6.05. The largest absolute Gasteiger partial charge is 0.452 e. The highest BCUT2D eigenvalue weighted by Crippen LogP contribution is 2.43. The standard InChI is InChI=1S/C18H20F2N2O4/c1-10(15(23)22-14-9-11(19)3-6-13(14)20)26-17(25)18(7-2-8-18)16(24)21-12-4-5-12/h3,6,9-10,12H,2,4-5,7-8H2,1H3,(H,21,24)(H,22,23). The van der Waals surface area contributed by atoms with Crippen molar-refractivity contribution < 1.29 is 27.9 Å². The van der Waals surface area contributed by atoms with Gasteiger partial charge in [-0.25, -0.2) is 8.78 Å². The van der Waals surface area contributed by atoms with Crippen molar-refractivity contribution in [1.29, 1.82) is 0 Å². The fourth-order valence-corrected chi connectivity index (χ4v) is 2.76. The lowest BCUT2D eigenvalue weighted by Crippen LogP contribution is -2.53. The number of amides is 2. The van der Waals surface area contributed by atoms with Crippen LogP contribution in [-0.2, 0) is 19.1 Å². The van der Waals surface area contributed by atoms with E-state index in [4.69, 9.17) is 4.74 Å². The fraction of sp³-hybridized carbons (Fsp3) is 0.500. The van der Waals surface area contributed by atoms with Gasteiger partial charge in [0.1, 0.15) is 17.0 Å². The minimum atomic E-state index is -1.25. The van der Waals surface area contributed by atoms with Crippen LogP contribution in [-0.4, -0.2) is 29.9 Å². The first kappa shape index (κ1) is 18.3. The van der Waals surface area contributed by atoms with E-state index in [1.165, 1.54) is 6.92 Å². The number of carbonyl (C=O) groups is 3. The average Bonchev–Trinajstić information content (AvgIpc) is 3.33. The number of halogens is 2. The molecule has 0 aliphatic heterocycles. The predicted octanol–water partition coefficient (Wildman–Crippen LogP) is 2.28. The summed E-state index contributed by atoms with van der Waals surface area (Å²) in [6, 6.07) is 2.75. The lowest BCUT2D eigenvalue weighted by molar-refractivity contribution is -0.173. The Labute approximate surface area is 149 Å². The molecular formula is C18H20F2N2O4. The Morgan fingerprint density at radius 1 is 1.23 bits per heavy atom. The van der Waals surface area contributed by atoms with Crippen molar-refractivity contribution in [2.24, 2.45) is 5.41 Å². The van der Waals surface area contributed by atoms with Gasteiger partial charge in [0.05, 0.1) is 5.69 Å². The summed E-state index contributed by atoms with van der Waals surface area (Å²) in [6.45, 7) is 1.32. The molecule has 2 aliphatic carbocycles. The first-order valence-electron chi connectivity index (χ1n) is 8.60. The third-order valence-corrected chi connectivity index (χ3v) is 4.78. The van der Waals surface area contributed by atoms with Crippen LogP contribution in [0.15, 0.2) is 18.2 Å². The first-order chi connectivity index (χ1) is 12.3. The van der Waals surface area contributed by atoms with E-state index in [2.05, 4.69) is 10.6 Å². The van der Waals surface area contributed by atoms with Gasteiger partial charge in [-0.1, -0.05) is 6.42 Å². The summed E-state index contributed by atoms with van der Waals surface area (Å²) in [5.74, 6) is -3.45. The molecule has 2 N–H and O–H groups in total. The van der Waals surface area contributed by atoms with Crippen LogP contribution >= 0.6 is 0 Å². The van der Waals surface area contributed by atoms with Gasteiger partial charge in [-0.3, -0.25) is 14.4 Å². The van der Waals surface area contributed by atoms with Gasteiger partial charge in [0, 0.05) is 12.1 Å². The van der Waals surface area contributed by atoms with Crippen molar-refractivity contribution in [3.05, 3.63) is 29.8 Å². The predicted molar refractivity (Wildman–Crippen MR) is 88.0 cm³/mol. The zero-order valence-electron chi connectivity index (χ0n) is 14.3. The highest BCUT2D eigenvalue weighted by Gasteiger charge is 2.53. The van der Waals surface area contributed by atoms with E-state index in [-0.39, 0.29) is 17.6 Å². The molecular weight excluding hydrogens is 346 g/mol. The maximum atomic E-state index is 13.6. The highest BCUT2D eigenvalue weighted by atomic mass is 19.1. The Morgan fingerprint density at radius 2 is 1.92 bits per heavy atom. The Balaban J connectivity index is 1.61. The summed E-state index contributed by atoms with van der Waals surface area (Å²) in [5, 5.41) is 4.99. The summed E-state index contributed by atoms with van der Waals surface area (Å²) in [6.07, 6.45) is 2.01. The number of hydrogen-bond acceptors (Lipinski definition) is 4. The molecule has 1 atom stereocenters. The molecule has 2 aliphatic rings. The number of esters is 1. The van der Waals surface area contributed by atoms with Crippen molar-refractivity contribution in [2.75, 3.05) is 5.32 Å². The molecule has 0 heterocycles. The zero-order valence-corrected chi connectivity index (χ0v) is 14.3. The molecule has 1 aromatic carbocycles. The Morgan fingerprint density at radius 3 is 2.50 bits per heavy atom. The smallest absolute Gasteiger partial charge is 0.322 e. The molecule has 140 valence electrons.